The quantitative estimate of drug-likeness (QED) is 0.672. The number of nitrogens with one attached hydrogen (secondary N) is 1. The van der Waals surface area contributed by atoms with Gasteiger partial charge in [-0.3, -0.25) is 10.1 Å². The lowest BCUT2D eigenvalue weighted by atomic mass is 10.1. The highest BCUT2D eigenvalue weighted by atomic mass is 16.6. The minimum absolute atomic E-state index is 0.0683. The van der Waals surface area contributed by atoms with Crippen LogP contribution in [0.2, 0.25) is 0 Å². The Morgan fingerprint density at radius 2 is 1.86 bits per heavy atom. The van der Waals surface area contributed by atoms with Gasteiger partial charge < -0.3 is 14.8 Å². The van der Waals surface area contributed by atoms with Crippen LogP contribution in [0.4, 0.5) is 11.5 Å². The minimum Gasteiger partial charge on any atom is -0.493 e. The highest BCUT2D eigenvalue weighted by Gasteiger charge is 2.19. The third-order valence-electron chi connectivity index (χ3n) is 2.98. The van der Waals surface area contributed by atoms with Crippen molar-refractivity contribution in [3.05, 3.63) is 40.4 Å². The molecule has 0 unspecified atom stereocenters. The molecule has 0 aliphatic heterocycles. The first-order chi connectivity index (χ1) is 10.1. The second-order valence-corrected chi connectivity index (χ2v) is 4.14. The van der Waals surface area contributed by atoms with Gasteiger partial charge in [-0.1, -0.05) is 0 Å². The Morgan fingerprint density at radius 3 is 2.43 bits per heavy atom. The second kappa shape index (κ2) is 6.08. The van der Waals surface area contributed by atoms with Gasteiger partial charge in [0.15, 0.2) is 17.2 Å². The van der Waals surface area contributed by atoms with E-state index < -0.39 is 4.92 Å². The summed E-state index contributed by atoms with van der Waals surface area (Å²) in [7, 11) is 4.74. The number of anilines is 1. The zero-order valence-electron chi connectivity index (χ0n) is 11.9. The van der Waals surface area contributed by atoms with Gasteiger partial charge in [0, 0.05) is 18.7 Å². The fourth-order valence-electron chi connectivity index (χ4n) is 1.93. The molecule has 0 spiro atoms. The highest BCUT2D eigenvalue weighted by Crippen LogP contribution is 2.35. The van der Waals surface area contributed by atoms with Gasteiger partial charge in [0.05, 0.1) is 19.1 Å². The summed E-state index contributed by atoms with van der Waals surface area (Å²) in [6, 6.07) is 8.03. The van der Waals surface area contributed by atoms with Crippen LogP contribution in [0.3, 0.4) is 0 Å². The van der Waals surface area contributed by atoms with Crippen LogP contribution < -0.4 is 14.8 Å². The zero-order valence-corrected chi connectivity index (χ0v) is 11.9. The number of nitrogens with zero attached hydrogens (tertiary/aromatic N) is 2. The molecule has 0 radical (unpaired) electrons. The van der Waals surface area contributed by atoms with Crippen LogP contribution in [0.25, 0.3) is 11.3 Å². The molecule has 0 amide bonds. The Labute approximate surface area is 121 Å². The maximum absolute atomic E-state index is 11.2. The van der Waals surface area contributed by atoms with Crippen LogP contribution in [0.1, 0.15) is 0 Å². The molecular formula is C14H15N3O4. The molecule has 21 heavy (non-hydrogen) atoms. The number of hydrogen-bond donors (Lipinski definition) is 1. The summed E-state index contributed by atoms with van der Waals surface area (Å²) in [6.45, 7) is 0. The molecule has 0 aliphatic carbocycles. The van der Waals surface area contributed by atoms with Gasteiger partial charge in [0.25, 0.3) is 5.69 Å². The smallest absolute Gasteiger partial charge is 0.295 e. The van der Waals surface area contributed by atoms with Crippen LogP contribution in [0, 0.1) is 10.1 Å². The molecule has 110 valence electrons. The Kier molecular flexibility index (Phi) is 4.22. The van der Waals surface area contributed by atoms with E-state index in [-0.39, 0.29) is 11.4 Å². The molecule has 7 nitrogen and oxygen atoms in total. The van der Waals surface area contributed by atoms with Crippen LogP contribution >= 0.6 is 0 Å². The Balaban J connectivity index is 2.62. The van der Waals surface area contributed by atoms with Gasteiger partial charge in [0.1, 0.15) is 5.82 Å². The summed E-state index contributed by atoms with van der Waals surface area (Å²) in [4.78, 5) is 15.0. The van der Waals surface area contributed by atoms with Crippen molar-refractivity contribution in [2.24, 2.45) is 0 Å². The minimum atomic E-state index is -0.460. The average molecular weight is 289 g/mol. The topological polar surface area (TPSA) is 86.5 Å². The number of hydrogen-bond acceptors (Lipinski definition) is 6. The average Bonchev–Trinajstić information content (AvgIpc) is 2.53. The number of pyridine rings is 1. The van der Waals surface area contributed by atoms with E-state index in [4.69, 9.17) is 9.47 Å². The molecule has 0 saturated heterocycles. The van der Waals surface area contributed by atoms with E-state index in [1.54, 1.807) is 31.3 Å². The van der Waals surface area contributed by atoms with E-state index in [0.717, 1.165) is 0 Å². The summed E-state index contributed by atoms with van der Waals surface area (Å²) >= 11 is 0. The molecule has 1 aromatic heterocycles. The number of benzene rings is 1. The molecule has 0 saturated carbocycles. The number of methoxy groups -OCH3 is 2. The Hall–Kier alpha value is -2.83. The summed E-state index contributed by atoms with van der Waals surface area (Å²) in [5.74, 6) is 1.58. The lowest BCUT2D eigenvalue weighted by Crippen LogP contribution is -1.99. The van der Waals surface area contributed by atoms with Gasteiger partial charge in [-0.05, 0) is 24.3 Å². The van der Waals surface area contributed by atoms with Crippen LogP contribution in [-0.4, -0.2) is 31.2 Å². The number of nitro groups is 1. The van der Waals surface area contributed by atoms with Crippen molar-refractivity contribution in [2.75, 3.05) is 26.6 Å². The maximum Gasteiger partial charge on any atom is 0.295 e. The zero-order chi connectivity index (χ0) is 15.4. The summed E-state index contributed by atoms with van der Waals surface area (Å²) in [6.07, 6.45) is 0. The third kappa shape index (κ3) is 2.86. The SMILES string of the molecule is CNc1ccc([N+](=O)[O-])c(-c2ccc(OC)c(OC)c2)n1. The number of aromatic nitrogens is 1. The largest absolute Gasteiger partial charge is 0.493 e. The standard InChI is InChI=1S/C14H15N3O4/c1-15-13-7-5-10(17(18)19)14(16-13)9-4-6-11(20-2)12(8-9)21-3/h4-8H,1-3H3,(H,15,16). The fourth-order valence-corrected chi connectivity index (χ4v) is 1.93. The van der Waals surface area contributed by atoms with Crippen LogP contribution in [0.5, 0.6) is 11.5 Å². The summed E-state index contributed by atoms with van der Waals surface area (Å²) in [5, 5.41) is 14.0. The molecule has 0 bridgehead atoms. The van der Waals surface area contributed by atoms with Gasteiger partial charge in [-0.15, -0.1) is 0 Å². The van der Waals surface area contributed by atoms with Crippen molar-refractivity contribution in [3.8, 4) is 22.8 Å². The highest BCUT2D eigenvalue weighted by molar-refractivity contribution is 5.73. The predicted octanol–water partition coefficient (Wildman–Crippen LogP) is 2.72. The molecule has 2 aromatic rings. The molecule has 2 rings (SSSR count). The fraction of sp³-hybridized carbons (Fsp3) is 0.214. The predicted molar refractivity (Wildman–Crippen MR) is 79.0 cm³/mol. The van der Waals surface area contributed by atoms with Crippen molar-refractivity contribution in [1.29, 1.82) is 0 Å². The second-order valence-electron chi connectivity index (χ2n) is 4.14. The lowest BCUT2D eigenvalue weighted by Gasteiger charge is -2.10. The van der Waals surface area contributed by atoms with E-state index in [1.165, 1.54) is 20.3 Å². The summed E-state index contributed by atoms with van der Waals surface area (Å²) in [5.41, 5.74) is 0.783. The molecule has 1 heterocycles. The molecular weight excluding hydrogens is 274 g/mol. The van der Waals surface area contributed by atoms with Crippen LogP contribution in [-0.2, 0) is 0 Å². The van der Waals surface area contributed by atoms with Crippen molar-refractivity contribution in [2.45, 2.75) is 0 Å². The van der Waals surface area contributed by atoms with Gasteiger partial charge in [-0.25, -0.2) is 4.98 Å². The van der Waals surface area contributed by atoms with E-state index in [1.807, 2.05) is 0 Å². The van der Waals surface area contributed by atoms with E-state index >= 15 is 0 Å². The van der Waals surface area contributed by atoms with Gasteiger partial charge >= 0.3 is 0 Å². The normalized spacial score (nSPS) is 10.0. The number of ether oxygens (including phenoxy) is 2. The molecule has 0 aliphatic rings. The Morgan fingerprint density at radius 1 is 1.14 bits per heavy atom. The van der Waals surface area contributed by atoms with Crippen molar-refractivity contribution >= 4 is 11.5 Å². The van der Waals surface area contributed by atoms with Crippen molar-refractivity contribution in [1.82, 2.24) is 4.98 Å². The molecule has 1 aromatic carbocycles. The van der Waals surface area contributed by atoms with E-state index in [0.29, 0.717) is 22.9 Å². The van der Waals surface area contributed by atoms with Gasteiger partial charge in [-0.2, -0.15) is 0 Å². The number of rotatable bonds is 5. The van der Waals surface area contributed by atoms with Crippen molar-refractivity contribution < 1.29 is 14.4 Å². The first-order valence-electron chi connectivity index (χ1n) is 6.16. The Bertz CT molecular complexity index is 673. The molecule has 0 fully saturated rings. The maximum atomic E-state index is 11.2. The van der Waals surface area contributed by atoms with Crippen LogP contribution in [0.15, 0.2) is 30.3 Å². The van der Waals surface area contributed by atoms with E-state index in [9.17, 15) is 10.1 Å². The molecule has 0 atom stereocenters. The molecule has 7 heteroatoms. The first kappa shape index (κ1) is 14.6. The summed E-state index contributed by atoms with van der Waals surface area (Å²) < 4.78 is 10.4. The van der Waals surface area contributed by atoms with Gasteiger partial charge in [0.2, 0.25) is 0 Å². The monoisotopic (exact) mass is 289 g/mol. The lowest BCUT2D eigenvalue weighted by molar-refractivity contribution is -0.384. The van der Waals surface area contributed by atoms with E-state index in [2.05, 4.69) is 10.3 Å². The van der Waals surface area contributed by atoms with Crippen molar-refractivity contribution in [3.63, 3.8) is 0 Å². The third-order valence-corrected chi connectivity index (χ3v) is 2.98. The molecule has 1 N–H and O–H groups in total. The first-order valence-corrected chi connectivity index (χ1v) is 6.16.